The summed E-state index contributed by atoms with van der Waals surface area (Å²) in [7, 11) is 0. The third kappa shape index (κ3) is 3.77. The van der Waals surface area contributed by atoms with Crippen molar-refractivity contribution in [2.75, 3.05) is 18.4 Å². The third-order valence-corrected chi connectivity index (χ3v) is 5.10. The molecule has 0 spiro atoms. The molecule has 0 saturated carbocycles. The van der Waals surface area contributed by atoms with E-state index in [1.807, 2.05) is 24.3 Å². The number of halogens is 1. The van der Waals surface area contributed by atoms with Gasteiger partial charge in [-0.1, -0.05) is 30.4 Å². The zero-order chi connectivity index (χ0) is 14.7. The summed E-state index contributed by atoms with van der Waals surface area (Å²) < 4.78 is 1.12. The predicted molar refractivity (Wildman–Crippen MR) is 86.9 cm³/mol. The molecule has 1 aromatic carbocycles. The molecule has 22 heavy (non-hydrogen) atoms. The first kappa shape index (κ1) is 17.2. The van der Waals surface area contributed by atoms with Crippen molar-refractivity contribution in [1.29, 1.82) is 0 Å². The van der Waals surface area contributed by atoms with Crippen LogP contribution in [0, 0.1) is 0 Å². The first-order valence-electron chi connectivity index (χ1n) is 7.79. The second-order valence-corrected chi connectivity index (χ2v) is 6.71. The summed E-state index contributed by atoms with van der Waals surface area (Å²) in [6.45, 7) is 4.38. The number of nitrogens with one attached hydrogen (secondary N) is 2. The number of carbonyl (C=O) groups is 1. The number of rotatable bonds is 4. The lowest BCUT2D eigenvalue weighted by Gasteiger charge is -2.31. The molecule has 2 aromatic rings. The van der Waals surface area contributed by atoms with Crippen LogP contribution in [0.4, 0.5) is 5.13 Å². The van der Waals surface area contributed by atoms with Crippen molar-refractivity contribution in [1.82, 2.24) is 4.98 Å². The topological polar surface area (TPSA) is 46.4 Å². The Morgan fingerprint density at radius 2 is 2.23 bits per heavy atom. The Morgan fingerprint density at radius 3 is 3.00 bits per heavy atom. The Kier molecular flexibility index (Phi) is 6.17. The lowest BCUT2D eigenvalue weighted by molar-refractivity contribution is -0.921. The Bertz CT molecular complexity index is 596. The Labute approximate surface area is 141 Å². The minimum Gasteiger partial charge on any atom is -1.00 e. The highest BCUT2D eigenvalue weighted by Crippen LogP contribution is 2.25. The molecule has 3 rings (SSSR count). The van der Waals surface area contributed by atoms with Gasteiger partial charge in [0.05, 0.1) is 23.3 Å². The first-order chi connectivity index (χ1) is 10.3. The van der Waals surface area contributed by atoms with E-state index >= 15 is 0 Å². The lowest BCUT2D eigenvalue weighted by atomic mass is 10.0. The van der Waals surface area contributed by atoms with Crippen molar-refractivity contribution in [2.24, 2.45) is 0 Å². The van der Waals surface area contributed by atoms with Crippen LogP contribution >= 0.6 is 11.3 Å². The largest absolute Gasteiger partial charge is 1.00 e. The molecule has 0 bridgehead atoms. The SMILES string of the molecule is CCC[NH+]1CCCC[C@H]1C(=O)Nc1nc2ccccc2s1.[Cl-]. The summed E-state index contributed by atoms with van der Waals surface area (Å²) in [5, 5.41) is 3.76. The number of aromatic nitrogens is 1. The molecule has 1 unspecified atom stereocenters. The fourth-order valence-electron chi connectivity index (χ4n) is 3.13. The highest BCUT2D eigenvalue weighted by molar-refractivity contribution is 7.22. The highest BCUT2D eigenvalue weighted by Gasteiger charge is 2.32. The number of piperidine rings is 1. The molecule has 2 atom stereocenters. The van der Waals surface area contributed by atoms with Crippen LogP contribution in [0.15, 0.2) is 24.3 Å². The highest BCUT2D eigenvalue weighted by atomic mass is 35.5. The molecular weight excluding hydrogens is 318 g/mol. The maximum atomic E-state index is 12.6. The quantitative estimate of drug-likeness (QED) is 0.757. The van der Waals surface area contributed by atoms with Crippen molar-refractivity contribution in [3.8, 4) is 0 Å². The van der Waals surface area contributed by atoms with Crippen LogP contribution in [-0.2, 0) is 4.79 Å². The molecule has 0 aliphatic carbocycles. The number of para-hydroxylation sites is 1. The molecule has 1 saturated heterocycles. The van der Waals surface area contributed by atoms with Gasteiger partial charge in [0, 0.05) is 6.42 Å². The number of hydrogen-bond acceptors (Lipinski definition) is 3. The molecule has 1 amide bonds. The Morgan fingerprint density at radius 1 is 1.41 bits per heavy atom. The zero-order valence-electron chi connectivity index (χ0n) is 12.8. The average Bonchev–Trinajstić information content (AvgIpc) is 2.90. The van der Waals surface area contributed by atoms with Crippen LogP contribution in [-0.4, -0.2) is 30.0 Å². The van der Waals surface area contributed by atoms with Gasteiger partial charge in [-0.05, 0) is 31.4 Å². The third-order valence-electron chi connectivity index (χ3n) is 4.15. The van der Waals surface area contributed by atoms with Crippen molar-refractivity contribution in [2.45, 2.75) is 38.6 Å². The van der Waals surface area contributed by atoms with E-state index in [4.69, 9.17) is 0 Å². The lowest BCUT2D eigenvalue weighted by Crippen LogP contribution is -3.17. The number of quaternary nitrogens is 1. The number of carbonyl (C=O) groups excluding carboxylic acids is 1. The summed E-state index contributed by atoms with van der Waals surface area (Å²) in [6, 6.07) is 8.09. The monoisotopic (exact) mass is 339 g/mol. The molecule has 6 heteroatoms. The second-order valence-electron chi connectivity index (χ2n) is 5.68. The summed E-state index contributed by atoms with van der Waals surface area (Å²) >= 11 is 1.55. The zero-order valence-corrected chi connectivity index (χ0v) is 14.3. The standard InChI is InChI=1S/C16H21N3OS.ClH/c1-2-10-19-11-6-5-8-13(19)15(20)18-16-17-12-7-3-4-9-14(12)21-16;/h3-4,7,9,13H,2,5-6,8,10-11H2,1H3,(H,17,18,20);1H/t13-;/m0./s1. The van der Waals surface area contributed by atoms with Crippen molar-refractivity contribution < 1.29 is 22.1 Å². The van der Waals surface area contributed by atoms with E-state index in [0.717, 1.165) is 47.7 Å². The molecule has 0 radical (unpaired) electrons. The van der Waals surface area contributed by atoms with Gasteiger partial charge in [-0.3, -0.25) is 10.1 Å². The summed E-state index contributed by atoms with van der Waals surface area (Å²) in [6.07, 6.45) is 4.51. The second kappa shape index (κ2) is 7.90. The van der Waals surface area contributed by atoms with Crippen LogP contribution in [0.5, 0.6) is 0 Å². The number of thiazole rings is 1. The van der Waals surface area contributed by atoms with Gasteiger partial charge < -0.3 is 17.3 Å². The summed E-state index contributed by atoms with van der Waals surface area (Å²) in [5.74, 6) is 0.136. The van der Waals surface area contributed by atoms with Gasteiger partial charge in [0.15, 0.2) is 11.2 Å². The molecule has 2 heterocycles. The number of fused-ring (bicyclic) bond motifs is 1. The van der Waals surface area contributed by atoms with Crippen molar-refractivity contribution in [3.05, 3.63) is 24.3 Å². The fraction of sp³-hybridized carbons (Fsp3) is 0.500. The number of anilines is 1. The van der Waals surface area contributed by atoms with Gasteiger partial charge in [-0.15, -0.1) is 0 Å². The number of benzene rings is 1. The molecule has 1 fully saturated rings. The smallest absolute Gasteiger partial charge is 0.284 e. The van der Waals surface area contributed by atoms with Crippen molar-refractivity contribution in [3.63, 3.8) is 0 Å². The number of hydrogen-bond donors (Lipinski definition) is 2. The molecular formula is C16H22ClN3OS. The maximum Gasteiger partial charge on any atom is 0.284 e. The fourth-order valence-corrected chi connectivity index (χ4v) is 4.00. The van der Waals surface area contributed by atoms with Gasteiger partial charge in [-0.2, -0.15) is 0 Å². The summed E-state index contributed by atoms with van der Waals surface area (Å²) in [4.78, 5) is 18.5. The van der Waals surface area contributed by atoms with Crippen LogP contribution in [0.1, 0.15) is 32.6 Å². The van der Waals surface area contributed by atoms with E-state index in [9.17, 15) is 4.79 Å². The van der Waals surface area contributed by atoms with Crippen LogP contribution in [0.2, 0.25) is 0 Å². The minimum atomic E-state index is 0. The molecule has 4 nitrogen and oxygen atoms in total. The van der Waals surface area contributed by atoms with E-state index in [1.54, 1.807) is 11.3 Å². The average molecular weight is 340 g/mol. The molecule has 120 valence electrons. The van der Waals surface area contributed by atoms with Gasteiger partial charge in [0.25, 0.3) is 5.91 Å². The van der Waals surface area contributed by atoms with E-state index in [1.165, 1.54) is 11.3 Å². The van der Waals surface area contributed by atoms with Crippen LogP contribution < -0.4 is 22.6 Å². The van der Waals surface area contributed by atoms with E-state index in [-0.39, 0.29) is 24.4 Å². The molecule has 1 aliphatic rings. The number of amides is 1. The minimum absolute atomic E-state index is 0. The molecule has 2 N–H and O–H groups in total. The predicted octanol–water partition coefficient (Wildman–Crippen LogP) is -0.914. The first-order valence-corrected chi connectivity index (χ1v) is 8.60. The maximum absolute atomic E-state index is 12.6. The van der Waals surface area contributed by atoms with Crippen molar-refractivity contribution >= 4 is 32.6 Å². The number of likely N-dealkylation sites (tertiary alicyclic amines) is 1. The molecule has 1 aliphatic heterocycles. The normalized spacial score (nSPS) is 21.3. The van der Waals surface area contributed by atoms with E-state index in [0.29, 0.717) is 0 Å². The summed E-state index contributed by atoms with van der Waals surface area (Å²) in [5.41, 5.74) is 0.958. The van der Waals surface area contributed by atoms with E-state index in [2.05, 4.69) is 17.2 Å². The Hall–Kier alpha value is -1.17. The Balaban J connectivity index is 0.00000176. The molecule has 1 aromatic heterocycles. The van der Waals surface area contributed by atoms with Gasteiger partial charge in [-0.25, -0.2) is 4.98 Å². The number of nitrogens with zero attached hydrogens (tertiary/aromatic N) is 1. The van der Waals surface area contributed by atoms with Gasteiger partial charge >= 0.3 is 0 Å². The van der Waals surface area contributed by atoms with E-state index < -0.39 is 0 Å². The van der Waals surface area contributed by atoms with Crippen LogP contribution in [0.25, 0.3) is 10.2 Å². The van der Waals surface area contributed by atoms with Gasteiger partial charge in [0.2, 0.25) is 0 Å². The van der Waals surface area contributed by atoms with Gasteiger partial charge in [0.1, 0.15) is 0 Å². The van der Waals surface area contributed by atoms with Crippen LogP contribution in [0.3, 0.4) is 0 Å².